The van der Waals surface area contributed by atoms with Gasteiger partial charge in [-0.05, 0) is 13.0 Å². The number of nitrogen functional groups attached to an aromatic ring is 2. The fraction of sp³-hybridized carbons (Fsp3) is 0.200. The number of carbonyl (C=O) groups is 1. The van der Waals surface area contributed by atoms with Crippen LogP contribution in [0, 0.1) is 0 Å². The zero-order chi connectivity index (χ0) is 11.3. The van der Waals surface area contributed by atoms with E-state index >= 15 is 0 Å². The first-order valence-corrected chi connectivity index (χ1v) is 4.49. The van der Waals surface area contributed by atoms with Crippen molar-refractivity contribution in [3.63, 3.8) is 0 Å². The Morgan fingerprint density at radius 1 is 1.53 bits per heavy atom. The van der Waals surface area contributed by atoms with Crippen LogP contribution in [0.15, 0.2) is 18.5 Å². The summed E-state index contributed by atoms with van der Waals surface area (Å²) < 4.78 is 4.72. The molecule has 1 aromatic rings. The van der Waals surface area contributed by atoms with Crippen molar-refractivity contribution in [3.8, 4) is 0 Å². The van der Waals surface area contributed by atoms with Gasteiger partial charge in [-0.3, -0.25) is 4.98 Å². The summed E-state index contributed by atoms with van der Waals surface area (Å²) in [4.78, 5) is 14.9. The second-order valence-corrected chi connectivity index (χ2v) is 2.82. The molecule has 80 valence electrons. The topological polar surface area (TPSA) is 91.2 Å². The van der Waals surface area contributed by atoms with Gasteiger partial charge in [0.15, 0.2) is 0 Å². The van der Waals surface area contributed by atoms with Gasteiger partial charge in [0.25, 0.3) is 0 Å². The number of esters is 1. The van der Waals surface area contributed by atoms with Crippen LogP contribution in [0.1, 0.15) is 12.5 Å². The standard InChI is InChI=1S/C10H13N3O2/c1-2-15-9(14)4-3-7-5-13-6-8(11)10(7)12/h3-6H,2,11H2,1H3,(H2,12,13). The SMILES string of the molecule is CCOC(=O)C=Cc1cncc(N)c1N. The Bertz CT molecular complexity index is 388. The van der Waals surface area contributed by atoms with Gasteiger partial charge in [-0.1, -0.05) is 0 Å². The van der Waals surface area contributed by atoms with Gasteiger partial charge in [-0.25, -0.2) is 4.79 Å². The summed E-state index contributed by atoms with van der Waals surface area (Å²) in [5, 5.41) is 0. The van der Waals surface area contributed by atoms with Crippen molar-refractivity contribution in [3.05, 3.63) is 24.0 Å². The van der Waals surface area contributed by atoms with Crippen LogP contribution in [0.2, 0.25) is 0 Å². The fourth-order valence-electron chi connectivity index (χ4n) is 0.985. The third-order valence-electron chi connectivity index (χ3n) is 1.73. The lowest BCUT2D eigenvalue weighted by atomic mass is 10.2. The molecule has 0 radical (unpaired) electrons. The summed E-state index contributed by atoms with van der Waals surface area (Å²) in [7, 11) is 0. The lowest BCUT2D eigenvalue weighted by Crippen LogP contribution is -2.00. The minimum absolute atomic E-state index is 0.341. The number of aromatic nitrogens is 1. The third-order valence-corrected chi connectivity index (χ3v) is 1.73. The smallest absolute Gasteiger partial charge is 0.330 e. The van der Waals surface area contributed by atoms with E-state index in [1.165, 1.54) is 24.5 Å². The molecule has 0 bridgehead atoms. The number of ether oxygens (including phenoxy) is 1. The van der Waals surface area contributed by atoms with Crippen molar-refractivity contribution in [1.29, 1.82) is 0 Å². The molecule has 0 saturated heterocycles. The van der Waals surface area contributed by atoms with Crippen LogP contribution >= 0.6 is 0 Å². The average Bonchev–Trinajstić information content (AvgIpc) is 2.21. The van der Waals surface area contributed by atoms with E-state index in [1.807, 2.05) is 0 Å². The van der Waals surface area contributed by atoms with Gasteiger partial charge in [0.05, 0.1) is 24.2 Å². The highest BCUT2D eigenvalue weighted by molar-refractivity contribution is 5.89. The molecular weight excluding hydrogens is 194 g/mol. The molecule has 0 spiro atoms. The second-order valence-electron chi connectivity index (χ2n) is 2.82. The molecule has 0 unspecified atom stereocenters. The van der Waals surface area contributed by atoms with Crippen molar-refractivity contribution >= 4 is 23.4 Å². The molecule has 0 atom stereocenters. The van der Waals surface area contributed by atoms with Crippen LogP contribution in [-0.4, -0.2) is 17.6 Å². The number of pyridine rings is 1. The molecule has 0 aromatic carbocycles. The molecule has 4 N–H and O–H groups in total. The molecule has 0 aliphatic rings. The number of nitrogens with two attached hydrogens (primary N) is 2. The van der Waals surface area contributed by atoms with Crippen LogP contribution < -0.4 is 11.5 Å². The first-order chi connectivity index (χ1) is 7.15. The maximum atomic E-state index is 11.0. The summed E-state index contributed by atoms with van der Waals surface area (Å²) in [6.45, 7) is 2.08. The minimum atomic E-state index is -0.417. The highest BCUT2D eigenvalue weighted by Crippen LogP contribution is 2.18. The van der Waals surface area contributed by atoms with Crippen LogP contribution in [0.4, 0.5) is 11.4 Å². The summed E-state index contributed by atoms with van der Waals surface area (Å²) in [6, 6.07) is 0. The number of hydrogen-bond acceptors (Lipinski definition) is 5. The number of hydrogen-bond donors (Lipinski definition) is 2. The first kappa shape index (κ1) is 11.0. The van der Waals surface area contributed by atoms with Crippen molar-refractivity contribution in [2.45, 2.75) is 6.92 Å². The van der Waals surface area contributed by atoms with Crippen molar-refractivity contribution < 1.29 is 9.53 Å². The van der Waals surface area contributed by atoms with E-state index in [2.05, 4.69) is 4.98 Å². The van der Waals surface area contributed by atoms with E-state index in [4.69, 9.17) is 16.2 Å². The van der Waals surface area contributed by atoms with E-state index in [-0.39, 0.29) is 0 Å². The minimum Gasteiger partial charge on any atom is -0.463 e. The monoisotopic (exact) mass is 207 g/mol. The van der Waals surface area contributed by atoms with Gasteiger partial charge >= 0.3 is 5.97 Å². The average molecular weight is 207 g/mol. The van der Waals surface area contributed by atoms with Crippen LogP contribution in [0.5, 0.6) is 0 Å². The largest absolute Gasteiger partial charge is 0.463 e. The van der Waals surface area contributed by atoms with Gasteiger partial charge < -0.3 is 16.2 Å². The predicted octanol–water partition coefficient (Wildman–Crippen LogP) is 0.822. The summed E-state index contributed by atoms with van der Waals surface area (Å²) >= 11 is 0. The molecule has 15 heavy (non-hydrogen) atoms. The van der Waals surface area contributed by atoms with Crippen LogP contribution in [-0.2, 0) is 9.53 Å². The fourth-order valence-corrected chi connectivity index (χ4v) is 0.985. The lowest BCUT2D eigenvalue weighted by molar-refractivity contribution is -0.137. The molecule has 0 amide bonds. The summed E-state index contributed by atoms with van der Waals surface area (Å²) in [5.74, 6) is -0.417. The van der Waals surface area contributed by atoms with Crippen molar-refractivity contribution in [2.75, 3.05) is 18.1 Å². The lowest BCUT2D eigenvalue weighted by Gasteiger charge is -2.02. The molecule has 0 fully saturated rings. The van der Waals surface area contributed by atoms with Gasteiger partial charge in [0.2, 0.25) is 0 Å². The number of nitrogens with zero attached hydrogens (tertiary/aromatic N) is 1. The summed E-state index contributed by atoms with van der Waals surface area (Å²) in [6.07, 6.45) is 5.80. The highest BCUT2D eigenvalue weighted by atomic mass is 16.5. The van der Waals surface area contributed by atoms with Gasteiger partial charge in [-0.15, -0.1) is 0 Å². The van der Waals surface area contributed by atoms with Crippen molar-refractivity contribution in [1.82, 2.24) is 4.98 Å². The molecule has 1 rings (SSSR count). The van der Waals surface area contributed by atoms with Gasteiger partial charge in [-0.2, -0.15) is 0 Å². The normalized spacial score (nSPS) is 10.5. The van der Waals surface area contributed by atoms with Crippen molar-refractivity contribution in [2.24, 2.45) is 0 Å². The van der Waals surface area contributed by atoms with E-state index in [9.17, 15) is 4.79 Å². The molecule has 5 heteroatoms. The van der Waals surface area contributed by atoms with E-state index in [0.717, 1.165) is 0 Å². The Labute approximate surface area is 87.7 Å². The Kier molecular flexibility index (Phi) is 3.68. The quantitative estimate of drug-likeness (QED) is 0.565. The zero-order valence-electron chi connectivity index (χ0n) is 8.43. The molecule has 0 aliphatic carbocycles. The van der Waals surface area contributed by atoms with Crippen LogP contribution in [0.3, 0.4) is 0 Å². The van der Waals surface area contributed by atoms with Crippen LogP contribution in [0.25, 0.3) is 6.08 Å². The molecular formula is C10H13N3O2. The van der Waals surface area contributed by atoms with E-state index in [1.54, 1.807) is 6.92 Å². The molecule has 5 nitrogen and oxygen atoms in total. The number of rotatable bonds is 3. The Hall–Kier alpha value is -2.04. The second kappa shape index (κ2) is 4.99. The zero-order valence-corrected chi connectivity index (χ0v) is 8.43. The Morgan fingerprint density at radius 3 is 2.93 bits per heavy atom. The maximum Gasteiger partial charge on any atom is 0.330 e. The number of anilines is 2. The first-order valence-electron chi connectivity index (χ1n) is 4.49. The van der Waals surface area contributed by atoms with Gasteiger partial charge in [0, 0.05) is 17.8 Å². The van der Waals surface area contributed by atoms with Gasteiger partial charge in [0.1, 0.15) is 0 Å². The highest BCUT2D eigenvalue weighted by Gasteiger charge is 2.00. The Morgan fingerprint density at radius 2 is 2.27 bits per heavy atom. The van der Waals surface area contributed by atoms with E-state index < -0.39 is 5.97 Å². The number of carbonyl (C=O) groups excluding carboxylic acids is 1. The molecule has 0 saturated carbocycles. The molecule has 0 aliphatic heterocycles. The Balaban J connectivity index is 2.81. The third kappa shape index (κ3) is 2.98. The predicted molar refractivity (Wildman–Crippen MR) is 58.7 cm³/mol. The van der Waals surface area contributed by atoms with E-state index in [0.29, 0.717) is 23.5 Å². The molecule has 1 heterocycles. The summed E-state index contributed by atoms with van der Waals surface area (Å²) in [5.41, 5.74) is 12.6. The maximum absolute atomic E-state index is 11.0. The molecule has 1 aromatic heterocycles.